The normalized spacial score (nSPS) is 23.7. The summed E-state index contributed by atoms with van der Waals surface area (Å²) in [6.07, 6.45) is -6.54. The molecule has 1 saturated heterocycles. The van der Waals surface area contributed by atoms with Crippen LogP contribution in [0.1, 0.15) is 31.9 Å². The van der Waals surface area contributed by atoms with Crippen molar-refractivity contribution < 1.29 is 35.7 Å². The Hall–Kier alpha value is -1.81. The zero-order chi connectivity index (χ0) is 19.3. The van der Waals surface area contributed by atoms with Crippen molar-refractivity contribution in [1.29, 1.82) is 0 Å². The van der Waals surface area contributed by atoms with Crippen LogP contribution in [-0.2, 0) is 27.1 Å². The molecule has 1 fully saturated rings. The lowest BCUT2D eigenvalue weighted by Gasteiger charge is -2.43. The maximum Gasteiger partial charge on any atom is 0.423 e. The van der Waals surface area contributed by atoms with E-state index in [0.29, 0.717) is 0 Å². The SMILES string of the molecule is CC(C)(C)[C@@]1(Cc2cccc(C(F)(F)F)c2)COS(=O)(=O)N1C(=O)O. The van der Waals surface area contributed by atoms with Crippen molar-refractivity contribution in [3.8, 4) is 0 Å². The van der Waals surface area contributed by atoms with Gasteiger partial charge >= 0.3 is 22.6 Å². The molecule has 0 saturated carbocycles. The van der Waals surface area contributed by atoms with Gasteiger partial charge in [0.25, 0.3) is 0 Å². The highest BCUT2D eigenvalue weighted by Gasteiger charge is 2.60. The Morgan fingerprint density at radius 3 is 2.40 bits per heavy atom. The number of hydrogen-bond acceptors (Lipinski definition) is 4. The van der Waals surface area contributed by atoms with Crippen LogP contribution in [0.25, 0.3) is 0 Å². The Kier molecular flexibility index (Phi) is 4.58. The summed E-state index contributed by atoms with van der Waals surface area (Å²) in [7, 11) is -4.52. The zero-order valence-electron chi connectivity index (χ0n) is 13.8. The minimum Gasteiger partial charge on any atom is -0.464 e. The highest BCUT2D eigenvalue weighted by atomic mass is 32.2. The van der Waals surface area contributed by atoms with Crippen molar-refractivity contribution in [3.05, 3.63) is 35.4 Å². The van der Waals surface area contributed by atoms with Gasteiger partial charge in [-0.25, -0.2) is 4.79 Å². The van der Waals surface area contributed by atoms with Gasteiger partial charge in [-0.05, 0) is 23.5 Å². The van der Waals surface area contributed by atoms with Crippen LogP contribution in [0, 0.1) is 5.41 Å². The van der Waals surface area contributed by atoms with E-state index in [4.69, 9.17) is 4.18 Å². The van der Waals surface area contributed by atoms with E-state index >= 15 is 0 Å². The van der Waals surface area contributed by atoms with Gasteiger partial charge in [-0.1, -0.05) is 39.0 Å². The van der Waals surface area contributed by atoms with Gasteiger partial charge in [0, 0.05) is 0 Å². The molecule has 1 aliphatic heterocycles. The van der Waals surface area contributed by atoms with E-state index in [1.165, 1.54) is 12.1 Å². The van der Waals surface area contributed by atoms with Crippen molar-refractivity contribution in [3.63, 3.8) is 0 Å². The summed E-state index contributed by atoms with van der Waals surface area (Å²) in [5, 5.41) is 9.40. The summed E-state index contributed by atoms with van der Waals surface area (Å²) in [4.78, 5) is 11.6. The van der Waals surface area contributed by atoms with E-state index < -0.39 is 45.7 Å². The van der Waals surface area contributed by atoms with Gasteiger partial charge in [-0.2, -0.15) is 25.9 Å². The molecule has 25 heavy (non-hydrogen) atoms. The quantitative estimate of drug-likeness (QED) is 0.850. The first-order valence-corrected chi connectivity index (χ1v) is 8.66. The number of benzene rings is 1. The average molecular weight is 381 g/mol. The maximum absolute atomic E-state index is 12.9. The molecule has 0 radical (unpaired) electrons. The number of carboxylic acid groups (broad SMARTS) is 1. The molecule has 1 heterocycles. The molecule has 0 spiro atoms. The van der Waals surface area contributed by atoms with E-state index in [1.54, 1.807) is 20.8 Å². The second-order valence-corrected chi connectivity index (χ2v) is 8.38. The number of hydrogen-bond donors (Lipinski definition) is 1. The van der Waals surface area contributed by atoms with Crippen LogP contribution in [0.4, 0.5) is 18.0 Å². The van der Waals surface area contributed by atoms with Gasteiger partial charge in [0.15, 0.2) is 0 Å². The highest BCUT2D eigenvalue weighted by molar-refractivity contribution is 7.85. The molecule has 1 amide bonds. The smallest absolute Gasteiger partial charge is 0.423 e. The Bertz CT molecular complexity index is 785. The number of rotatable bonds is 2. The molecule has 1 aliphatic rings. The van der Waals surface area contributed by atoms with E-state index in [0.717, 1.165) is 12.1 Å². The molecule has 10 heteroatoms. The van der Waals surface area contributed by atoms with Crippen molar-refractivity contribution in [2.45, 2.75) is 38.9 Å². The van der Waals surface area contributed by atoms with Gasteiger partial charge in [0.05, 0.1) is 17.7 Å². The van der Waals surface area contributed by atoms with Crippen LogP contribution in [-0.4, -0.2) is 36.1 Å². The Labute approximate surface area is 143 Å². The Balaban J connectivity index is 2.57. The van der Waals surface area contributed by atoms with Crippen LogP contribution in [0.15, 0.2) is 24.3 Å². The fraction of sp³-hybridized carbons (Fsp3) is 0.533. The van der Waals surface area contributed by atoms with E-state index in [9.17, 15) is 31.5 Å². The monoisotopic (exact) mass is 381 g/mol. The molecular weight excluding hydrogens is 363 g/mol. The van der Waals surface area contributed by atoms with Gasteiger partial charge in [0.2, 0.25) is 0 Å². The summed E-state index contributed by atoms with van der Waals surface area (Å²) in [5.41, 5.74) is -3.22. The molecule has 0 unspecified atom stereocenters. The molecule has 0 bridgehead atoms. The lowest BCUT2D eigenvalue weighted by molar-refractivity contribution is -0.137. The minimum absolute atomic E-state index is 0.164. The molecule has 140 valence electrons. The zero-order valence-corrected chi connectivity index (χ0v) is 14.6. The molecule has 0 aliphatic carbocycles. The number of halogens is 3. The van der Waals surface area contributed by atoms with Gasteiger partial charge in [0.1, 0.15) is 0 Å². The van der Waals surface area contributed by atoms with Gasteiger partial charge < -0.3 is 5.11 Å². The first-order valence-electron chi connectivity index (χ1n) is 7.30. The third kappa shape index (κ3) is 3.45. The lowest BCUT2D eigenvalue weighted by atomic mass is 9.70. The topological polar surface area (TPSA) is 83.9 Å². The van der Waals surface area contributed by atoms with Crippen molar-refractivity contribution in [2.24, 2.45) is 5.41 Å². The first-order chi connectivity index (χ1) is 11.2. The van der Waals surface area contributed by atoms with Gasteiger partial charge in [-0.15, -0.1) is 0 Å². The number of carbonyl (C=O) groups is 1. The predicted molar refractivity (Wildman–Crippen MR) is 82.1 cm³/mol. The molecule has 6 nitrogen and oxygen atoms in total. The molecule has 1 aromatic carbocycles. The van der Waals surface area contributed by atoms with Crippen molar-refractivity contribution >= 4 is 16.4 Å². The van der Waals surface area contributed by atoms with E-state index in [2.05, 4.69) is 0 Å². The minimum atomic E-state index is -4.56. The van der Waals surface area contributed by atoms with Crippen LogP contribution in [0.5, 0.6) is 0 Å². The molecule has 2 rings (SSSR count). The summed E-state index contributed by atoms with van der Waals surface area (Å²) in [6.45, 7) is 4.36. The lowest BCUT2D eigenvalue weighted by Crippen LogP contribution is -2.59. The Morgan fingerprint density at radius 2 is 1.92 bits per heavy atom. The van der Waals surface area contributed by atoms with Crippen molar-refractivity contribution in [1.82, 2.24) is 4.31 Å². The van der Waals surface area contributed by atoms with Crippen LogP contribution >= 0.6 is 0 Å². The Morgan fingerprint density at radius 1 is 1.32 bits per heavy atom. The van der Waals surface area contributed by atoms with Crippen LogP contribution in [0.3, 0.4) is 0 Å². The standard InChI is InChI=1S/C15H18F3NO5S/c1-13(2,3)14(9-24-25(22,23)19(14)12(20)21)8-10-5-4-6-11(7-10)15(16,17)18/h4-7H,8-9H2,1-3H3,(H,20,21)/t14-/m1/s1. The first kappa shape index (κ1) is 19.5. The maximum atomic E-state index is 12.9. The summed E-state index contributed by atoms with van der Waals surface area (Å²) >= 11 is 0. The molecule has 1 atom stereocenters. The van der Waals surface area contributed by atoms with Crippen LogP contribution in [0.2, 0.25) is 0 Å². The molecular formula is C15H18F3NO5S. The number of amides is 1. The largest absolute Gasteiger partial charge is 0.464 e. The summed E-state index contributed by atoms with van der Waals surface area (Å²) in [6, 6.07) is 4.38. The number of nitrogens with zero attached hydrogens (tertiary/aromatic N) is 1. The van der Waals surface area contributed by atoms with Crippen molar-refractivity contribution in [2.75, 3.05) is 6.61 Å². The summed E-state index contributed by atoms with van der Waals surface area (Å²) < 4.78 is 67.7. The van der Waals surface area contributed by atoms with E-state index in [-0.39, 0.29) is 16.3 Å². The third-order valence-corrected chi connectivity index (χ3v) is 5.75. The fourth-order valence-electron chi connectivity index (χ4n) is 2.88. The molecule has 1 N–H and O–H groups in total. The summed E-state index contributed by atoms with van der Waals surface area (Å²) in [5.74, 6) is 0. The fourth-order valence-corrected chi connectivity index (χ4v) is 4.34. The highest BCUT2D eigenvalue weighted by Crippen LogP contribution is 2.45. The van der Waals surface area contributed by atoms with E-state index in [1.807, 2.05) is 0 Å². The van der Waals surface area contributed by atoms with Gasteiger partial charge in [-0.3, -0.25) is 4.18 Å². The van der Waals surface area contributed by atoms with Crippen LogP contribution < -0.4 is 0 Å². The second kappa shape index (κ2) is 5.87. The molecule has 0 aromatic heterocycles. The third-order valence-electron chi connectivity index (χ3n) is 4.38. The average Bonchev–Trinajstić information content (AvgIpc) is 2.70. The number of alkyl halides is 3. The predicted octanol–water partition coefficient (Wildman–Crippen LogP) is 3.29. The molecule has 1 aromatic rings. The second-order valence-electron chi connectivity index (χ2n) is 6.92.